The van der Waals surface area contributed by atoms with E-state index in [-0.39, 0.29) is 0 Å². The number of hydrogen-bond donors (Lipinski definition) is 0. The number of ether oxygens (including phenoxy) is 1. The van der Waals surface area contributed by atoms with Crippen molar-refractivity contribution in [2.75, 3.05) is 7.11 Å². The van der Waals surface area contributed by atoms with Gasteiger partial charge < -0.3 is 4.74 Å². The summed E-state index contributed by atoms with van der Waals surface area (Å²) in [6.07, 6.45) is 9.69. The van der Waals surface area contributed by atoms with Gasteiger partial charge in [0.1, 0.15) is 5.75 Å². The third kappa shape index (κ3) is 5.07. The first-order chi connectivity index (χ1) is 14.3. The van der Waals surface area contributed by atoms with E-state index in [4.69, 9.17) is 4.74 Å². The molecule has 1 aromatic carbocycles. The van der Waals surface area contributed by atoms with Crippen LogP contribution in [0.15, 0.2) is 41.0 Å². The first kappa shape index (κ1) is 22.8. The zero-order chi connectivity index (χ0) is 21.8. The number of hydrogen-bond acceptors (Lipinski definition) is 2. The minimum Gasteiger partial charge on any atom is -0.497 e. The summed E-state index contributed by atoms with van der Waals surface area (Å²) >= 11 is 0. The van der Waals surface area contributed by atoms with E-state index in [1.165, 1.54) is 47.1 Å². The lowest BCUT2D eigenvalue weighted by Crippen LogP contribution is -2.20. The third-order valence-electron chi connectivity index (χ3n) is 7.64. The van der Waals surface area contributed by atoms with Crippen LogP contribution in [0.5, 0.6) is 5.75 Å². The molecule has 1 saturated carbocycles. The van der Waals surface area contributed by atoms with Gasteiger partial charge in [0.2, 0.25) is 0 Å². The number of methoxy groups -OCH3 is 1. The Morgan fingerprint density at radius 2 is 2.03 bits per heavy atom. The fourth-order valence-electron chi connectivity index (χ4n) is 5.84. The highest BCUT2D eigenvalue weighted by atomic mass is 16.5. The van der Waals surface area contributed by atoms with Crippen molar-refractivity contribution in [1.29, 1.82) is 0 Å². The van der Waals surface area contributed by atoms with Crippen molar-refractivity contribution in [3.8, 4) is 5.75 Å². The molecule has 3 rings (SSSR count). The number of allylic oxidation sites excluding steroid dienone is 4. The molecule has 2 aliphatic rings. The van der Waals surface area contributed by atoms with Crippen LogP contribution in [0.25, 0.3) is 0 Å². The molecule has 0 heterocycles. The van der Waals surface area contributed by atoms with Crippen LogP contribution in [0, 0.1) is 30.6 Å². The van der Waals surface area contributed by atoms with Gasteiger partial charge in [-0.15, -0.1) is 0 Å². The Balaban J connectivity index is 1.77. The zero-order valence-electron chi connectivity index (χ0n) is 19.9. The molecule has 2 aliphatic carbocycles. The van der Waals surface area contributed by atoms with Crippen LogP contribution in [0.3, 0.4) is 0 Å². The molecule has 2 heteroatoms. The van der Waals surface area contributed by atoms with Crippen molar-refractivity contribution < 1.29 is 9.53 Å². The van der Waals surface area contributed by atoms with Crippen LogP contribution in [0.2, 0.25) is 0 Å². The summed E-state index contributed by atoms with van der Waals surface area (Å²) in [5, 5.41) is 0. The highest BCUT2D eigenvalue weighted by molar-refractivity contribution is 5.97. The topological polar surface area (TPSA) is 26.3 Å². The normalized spacial score (nSPS) is 24.6. The van der Waals surface area contributed by atoms with Crippen molar-refractivity contribution in [2.24, 2.45) is 23.7 Å². The predicted octanol–water partition coefficient (Wildman–Crippen LogP) is 7.25. The third-order valence-corrected chi connectivity index (χ3v) is 7.64. The van der Waals surface area contributed by atoms with Gasteiger partial charge in [0, 0.05) is 6.42 Å². The minimum atomic E-state index is 0.409. The highest BCUT2D eigenvalue weighted by Gasteiger charge is 2.42. The summed E-state index contributed by atoms with van der Waals surface area (Å²) in [5.74, 6) is 3.92. The van der Waals surface area contributed by atoms with Crippen molar-refractivity contribution in [3.05, 3.63) is 52.1 Å². The SMILES string of the molecule is COc1ccc(C)c(CCC2=C3C(CCC2=O)CC(C(C)CCC=C(C)C)C3C)c1. The second-order valence-electron chi connectivity index (χ2n) is 9.91. The molecule has 0 saturated heterocycles. The lowest BCUT2D eigenvalue weighted by atomic mass is 9.78. The minimum absolute atomic E-state index is 0.409. The van der Waals surface area contributed by atoms with Gasteiger partial charge in [-0.25, -0.2) is 0 Å². The maximum atomic E-state index is 12.9. The van der Waals surface area contributed by atoms with Gasteiger partial charge >= 0.3 is 0 Å². The van der Waals surface area contributed by atoms with Crippen LogP contribution in [-0.4, -0.2) is 12.9 Å². The van der Waals surface area contributed by atoms with Crippen LogP contribution in [0.4, 0.5) is 0 Å². The summed E-state index contributed by atoms with van der Waals surface area (Å²) < 4.78 is 5.41. The molecular weight excluding hydrogens is 368 g/mol. The Kier molecular flexibility index (Phi) is 7.60. The van der Waals surface area contributed by atoms with E-state index in [0.717, 1.165) is 37.4 Å². The molecule has 1 fully saturated rings. The van der Waals surface area contributed by atoms with Crippen molar-refractivity contribution in [1.82, 2.24) is 0 Å². The number of benzene rings is 1. The molecule has 0 spiro atoms. The standard InChI is InChI=1S/C28H40O2/c1-18(2)8-7-9-20(4)26-17-23-12-15-27(29)25(28(23)21(26)5)14-11-22-16-24(30-6)13-10-19(22)3/h8,10,13,16,20-21,23,26H,7,9,11-12,14-15,17H2,1-6H3. The van der Waals surface area contributed by atoms with Gasteiger partial charge in [0.05, 0.1) is 7.11 Å². The van der Waals surface area contributed by atoms with E-state index in [2.05, 4.69) is 52.8 Å². The van der Waals surface area contributed by atoms with E-state index >= 15 is 0 Å². The second-order valence-corrected chi connectivity index (χ2v) is 9.91. The number of Topliss-reactive ketones (excluding diaryl/α,β-unsaturated/α-hetero) is 1. The van der Waals surface area contributed by atoms with E-state index in [0.29, 0.717) is 23.5 Å². The highest BCUT2D eigenvalue weighted by Crippen LogP contribution is 2.51. The molecule has 2 nitrogen and oxygen atoms in total. The van der Waals surface area contributed by atoms with E-state index in [1.807, 2.05) is 6.07 Å². The Labute approximate surface area is 183 Å². The summed E-state index contributed by atoms with van der Waals surface area (Å²) in [4.78, 5) is 12.9. The largest absolute Gasteiger partial charge is 0.497 e. The van der Waals surface area contributed by atoms with E-state index in [1.54, 1.807) is 7.11 Å². The van der Waals surface area contributed by atoms with Gasteiger partial charge in [0.25, 0.3) is 0 Å². The van der Waals surface area contributed by atoms with Crippen molar-refractivity contribution >= 4 is 5.78 Å². The fourth-order valence-corrected chi connectivity index (χ4v) is 5.84. The van der Waals surface area contributed by atoms with E-state index in [9.17, 15) is 4.79 Å². The van der Waals surface area contributed by atoms with Gasteiger partial charge in [-0.3, -0.25) is 4.79 Å². The number of fused-ring (bicyclic) bond motifs is 1. The lowest BCUT2D eigenvalue weighted by Gasteiger charge is -2.26. The smallest absolute Gasteiger partial charge is 0.158 e. The molecule has 30 heavy (non-hydrogen) atoms. The zero-order valence-corrected chi connectivity index (χ0v) is 19.9. The van der Waals surface area contributed by atoms with Crippen molar-refractivity contribution in [2.45, 2.75) is 79.6 Å². The Bertz CT molecular complexity index is 825. The van der Waals surface area contributed by atoms with Crippen LogP contribution in [0.1, 0.15) is 77.3 Å². The van der Waals surface area contributed by atoms with Gasteiger partial charge in [-0.05, 0) is 112 Å². The average Bonchev–Trinajstić information content (AvgIpc) is 3.05. The lowest BCUT2D eigenvalue weighted by molar-refractivity contribution is -0.116. The van der Waals surface area contributed by atoms with Crippen LogP contribution in [-0.2, 0) is 11.2 Å². The Morgan fingerprint density at radius 3 is 2.73 bits per heavy atom. The second kappa shape index (κ2) is 9.98. The molecule has 0 N–H and O–H groups in total. The monoisotopic (exact) mass is 408 g/mol. The fraction of sp³-hybridized carbons (Fsp3) is 0.607. The molecule has 164 valence electrons. The molecule has 0 aliphatic heterocycles. The maximum absolute atomic E-state index is 12.9. The summed E-state index contributed by atoms with van der Waals surface area (Å²) in [7, 11) is 1.72. The Morgan fingerprint density at radius 1 is 1.27 bits per heavy atom. The molecule has 0 radical (unpaired) electrons. The average molecular weight is 409 g/mol. The predicted molar refractivity (Wildman–Crippen MR) is 126 cm³/mol. The van der Waals surface area contributed by atoms with Crippen LogP contribution < -0.4 is 4.74 Å². The number of rotatable bonds is 8. The summed E-state index contributed by atoms with van der Waals surface area (Å²) in [6.45, 7) is 11.3. The van der Waals surface area contributed by atoms with Crippen LogP contribution >= 0.6 is 0 Å². The van der Waals surface area contributed by atoms with Gasteiger partial charge in [-0.2, -0.15) is 0 Å². The number of carbonyl (C=O) groups is 1. The maximum Gasteiger partial charge on any atom is 0.158 e. The first-order valence-corrected chi connectivity index (χ1v) is 11.8. The van der Waals surface area contributed by atoms with Gasteiger partial charge in [-0.1, -0.05) is 37.1 Å². The first-order valence-electron chi connectivity index (χ1n) is 11.8. The van der Waals surface area contributed by atoms with Gasteiger partial charge in [0.15, 0.2) is 5.78 Å². The summed E-state index contributed by atoms with van der Waals surface area (Å²) in [6, 6.07) is 6.28. The summed E-state index contributed by atoms with van der Waals surface area (Å²) in [5.41, 5.74) is 6.69. The molecule has 4 unspecified atom stereocenters. The molecular formula is C28H40O2. The van der Waals surface area contributed by atoms with Crippen molar-refractivity contribution in [3.63, 3.8) is 0 Å². The Hall–Kier alpha value is -1.83. The quantitative estimate of drug-likeness (QED) is 0.423. The van der Waals surface area contributed by atoms with E-state index < -0.39 is 0 Å². The molecule has 4 atom stereocenters. The molecule has 0 bridgehead atoms. The number of aryl methyl sites for hydroxylation is 2. The molecule has 0 amide bonds. The number of ketones is 1. The number of carbonyl (C=O) groups excluding carboxylic acids is 1. The molecule has 1 aromatic rings. The molecule has 0 aromatic heterocycles.